The van der Waals surface area contributed by atoms with Gasteiger partial charge >= 0.3 is 0 Å². The number of imide groups is 1. The molecule has 0 saturated carbocycles. The van der Waals surface area contributed by atoms with Gasteiger partial charge in [0.25, 0.3) is 11.8 Å². The number of hydrogen-bond donors (Lipinski definition) is 1. The Balaban J connectivity index is 1.63. The van der Waals surface area contributed by atoms with E-state index in [4.69, 9.17) is 9.47 Å². The van der Waals surface area contributed by atoms with Crippen LogP contribution in [0.5, 0.6) is 5.75 Å². The van der Waals surface area contributed by atoms with Crippen molar-refractivity contribution in [2.75, 3.05) is 43.6 Å². The molecule has 2 aliphatic heterocycles. The molecule has 34 heavy (non-hydrogen) atoms. The zero-order chi connectivity index (χ0) is 24.1. The van der Waals surface area contributed by atoms with Gasteiger partial charge in [-0.1, -0.05) is 18.2 Å². The number of piperidine rings is 1. The van der Waals surface area contributed by atoms with Crippen LogP contribution in [-0.2, 0) is 14.3 Å². The molecule has 4 rings (SSSR count). The normalized spacial score (nSPS) is 16.6. The number of benzene rings is 2. The summed E-state index contributed by atoms with van der Waals surface area (Å²) in [5, 5.41) is 3.23. The molecule has 1 N–H and O–H groups in total. The summed E-state index contributed by atoms with van der Waals surface area (Å²) in [7, 11) is 1.56. The Labute approximate surface area is 201 Å². The number of carbonyl (C=O) groups is 2. The van der Waals surface area contributed by atoms with Crippen LogP contribution in [0.1, 0.15) is 38.7 Å². The van der Waals surface area contributed by atoms with Gasteiger partial charge in [-0.15, -0.1) is 0 Å². The number of para-hydroxylation sites is 1. The molecule has 0 atom stereocenters. The Morgan fingerprint density at radius 2 is 1.65 bits per heavy atom. The summed E-state index contributed by atoms with van der Waals surface area (Å²) in [5.41, 5.74) is 3.08. The molecule has 1 fully saturated rings. The van der Waals surface area contributed by atoms with E-state index < -0.39 is 0 Å². The van der Waals surface area contributed by atoms with Gasteiger partial charge in [-0.05, 0) is 63.4 Å². The van der Waals surface area contributed by atoms with Gasteiger partial charge in [0.15, 0.2) is 0 Å². The van der Waals surface area contributed by atoms with E-state index in [1.807, 2.05) is 38.1 Å². The van der Waals surface area contributed by atoms with Gasteiger partial charge in [-0.25, -0.2) is 0 Å². The van der Waals surface area contributed by atoms with Crippen molar-refractivity contribution in [3.8, 4) is 5.75 Å². The van der Waals surface area contributed by atoms with E-state index in [-0.39, 0.29) is 36.8 Å². The first-order valence-corrected chi connectivity index (χ1v) is 12.0. The second kappa shape index (κ2) is 10.7. The van der Waals surface area contributed by atoms with Crippen LogP contribution in [0.25, 0.3) is 5.57 Å². The Kier molecular flexibility index (Phi) is 7.53. The van der Waals surface area contributed by atoms with E-state index >= 15 is 0 Å². The third kappa shape index (κ3) is 5.09. The van der Waals surface area contributed by atoms with E-state index in [1.165, 1.54) is 29.8 Å². The van der Waals surface area contributed by atoms with Crippen molar-refractivity contribution >= 4 is 28.8 Å². The lowest BCUT2D eigenvalue weighted by molar-refractivity contribution is -0.137. The van der Waals surface area contributed by atoms with Gasteiger partial charge in [0.2, 0.25) is 0 Å². The van der Waals surface area contributed by atoms with Gasteiger partial charge in [0.1, 0.15) is 11.4 Å². The SMILES string of the molecule is COc1ccccc1C1=C(Nc2ccc(N3CCCCC3)cc2)C(=O)N(CCOC(C)C)C1=O. The molecule has 0 aliphatic carbocycles. The third-order valence-corrected chi connectivity index (χ3v) is 6.17. The van der Waals surface area contributed by atoms with Crippen molar-refractivity contribution in [1.29, 1.82) is 0 Å². The predicted molar refractivity (Wildman–Crippen MR) is 134 cm³/mol. The van der Waals surface area contributed by atoms with Crippen LogP contribution in [0.2, 0.25) is 0 Å². The average Bonchev–Trinajstić information content (AvgIpc) is 3.09. The number of hydrogen-bond acceptors (Lipinski definition) is 6. The number of carbonyl (C=O) groups excluding carboxylic acids is 2. The molecule has 2 amide bonds. The summed E-state index contributed by atoms with van der Waals surface area (Å²) >= 11 is 0. The second-order valence-electron chi connectivity index (χ2n) is 8.85. The maximum absolute atomic E-state index is 13.4. The van der Waals surface area contributed by atoms with Crippen LogP contribution in [-0.4, -0.2) is 56.2 Å². The molecule has 0 unspecified atom stereocenters. The van der Waals surface area contributed by atoms with Gasteiger partial charge in [-0.2, -0.15) is 0 Å². The topological polar surface area (TPSA) is 71.1 Å². The Hall–Kier alpha value is -3.32. The molecule has 0 radical (unpaired) electrons. The number of nitrogens with one attached hydrogen (secondary N) is 1. The summed E-state index contributed by atoms with van der Waals surface area (Å²) in [5.74, 6) is -0.175. The predicted octanol–water partition coefficient (Wildman–Crippen LogP) is 4.30. The standard InChI is InChI=1S/C27H33N3O4/c1-19(2)34-18-17-30-26(31)24(22-9-5-6-10-23(22)33-3)25(27(30)32)28-20-11-13-21(14-12-20)29-15-7-4-8-16-29/h5-6,9-14,19,28H,4,7-8,15-18H2,1-3H3. The van der Waals surface area contributed by atoms with E-state index in [0.717, 1.165) is 18.8 Å². The zero-order valence-electron chi connectivity index (χ0n) is 20.2. The smallest absolute Gasteiger partial charge is 0.278 e. The molecule has 180 valence electrons. The minimum atomic E-state index is -0.363. The Morgan fingerprint density at radius 3 is 2.32 bits per heavy atom. The van der Waals surface area contributed by atoms with Gasteiger partial charge in [-0.3, -0.25) is 14.5 Å². The van der Waals surface area contributed by atoms with E-state index in [9.17, 15) is 9.59 Å². The first kappa shape index (κ1) is 23.8. The fourth-order valence-electron chi connectivity index (χ4n) is 4.43. The highest BCUT2D eigenvalue weighted by Crippen LogP contribution is 2.35. The monoisotopic (exact) mass is 463 g/mol. The van der Waals surface area contributed by atoms with Crippen molar-refractivity contribution in [2.45, 2.75) is 39.2 Å². The quantitative estimate of drug-likeness (QED) is 0.559. The highest BCUT2D eigenvalue weighted by atomic mass is 16.5. The fourth-order valence-corrected chi connectivity index (χ4v) is 4.43. The Morgan fingerprint density at radius 1 is 0.941 bits per heavy atom. The van der Waals surface area contributed by atoms with Crippen molar-refractivity contribution in [1.82, 2.24) is 4.90 Å². The molecular formula is C27H33N3O4. The third-order valence-electron chi connectivity index (χ3n) is 6.17. The van der Waals surface area contributed by atoms with Gasteiger partial charge in [0.05, 0.1) is 31.9 Å². The van der Waals surface area contributed by atoms with Crippen LogP contribution >= 0.6 is 0 Å². The van der Waals surface area contributed by atoms with E-state index in [1.54, 1.807) is 19.2 Å². The van der Waals surface area contributed by atoms with Crippen LogP contribution in [0.4, 0.5) is 11.4 Å². The van der Waals surface area contributed by atoms with Crippen LogP contribution < -0.4 is 15.0 Å². The minimum Gasteiger partial charge on any atom is -0.496 e. The van der Waals surface area contributed by atoms with Gasteiger partial charge in [0, 0.05) is 30.0 Å². The van der Waals surface area contributed by atoms with Crippen molar-refractivity contribution in [3.05, 3.63) is 59.8 Å². The highest BCUT2D eigenvalue weighted by Gasteiger charge is 2.40. The second-order valence-corrected chi connectivity index (χ2v) is 8.85. The lowest BCUT2D eigenvalue weighted by Gasteiger charge is -2.28. The molecule has 0 spiro atoms. The van der Waals surface area contributed by atoms with Gasteiger partial charge < -0.3 is 19.7 Å². The summed E-state index contributed by atoms with van der Waals surface area (Å²) in [6.07, 6.45) is 3.72. The Bertz CT molecular complexity index is 1060. The maximum atomic E-state index is 13.4. The minimum absolute atomic E-state index is 0.0190. The average molecular weight is 464 g/mol. The summed E-state index contributed by atoms with van der Waals surface area (Å²) in [6, 6.07) is 15.3. The number of rotatable bonds is 9. The molecule has 0 bridgehead atoms. The molecule has 0 aromatic heterocycles. The molecule has 2 aromatic carbocycles. The first-order valence-electron chi connectivity index (χ1n) is 12.0. The summed E-state index contributed by atoms with van der Waals surface area (Å²) < 4.78 is 11.1. The fraction of sp³-hybridized carbons (Fsp3) is 0.407. The first-order chi connectivity index (χ1) is 16.5. The summed E-state index contributed by atoms with van der Waals surface area (Å²) in [6.45, 7) is 6.45. The van der Waals surface area contributed by atoms with Crippen LogP contribution in [0.3, 0.4) is 0 Å². The molecule has 1 saturated heterocycles. The van der Waals surface area contributed by atoms with Crippen molar-refractivity contribution in [2.24, 2.45) is 0 Å². The van der Waals surface area contributed by atoms with Crippen molar-refractivity contribution in [3.63, 3.8) is 0 Å². The highest BCUT2D eigenvalue weighted by molar-refractivity contribution is 6.37. The maximum Gasteiger partial charge on any atom is 0.278 e. The molecule has 7 nitrogen and oxygen atoms in total. The molecular weight excluding hydrogens is 430 g/mol. The number of nitrogens with zero attached hydrogens (tertiary/aromatic N) is 2. The van der Waals surface area contributed by atoms with E-state index in [0.29, 0.717) is 16.9 Å². The largest absolute Gasteiger partial charge is 0.496 e. The number of anilines is 2. The molecule has 7 heteroatoms. The number of ether oxygens (including phenoxy) is 2. The lowest BCUT2D eigenvalue weighted by Crippen LogP contribution is -2.35. The van der Waals surface area contributed by atoms with Crippen molar-refractivity contribution < 1.29 is 19.1 Å². The molecule has 2 aromatic rings. The van der Waals surface area contributed by atoms with Crippen LogP contribution in [0, 0.1) is 0 Å². The number of methoxy groups -OCH3 is 1. The number of amides is 2. The lowest BCUT2D eigenvalue weighted by atomic mass is 10.0. The zero-order valence-corrected chi connectivity index (χ0v) is 20.2. The van der Waals surface area contributed by atoms with E-state index in [2.05, 4.69) is 22.3 Å². The summed E-state index contributed by atoms with van der Waals surface area (Å²) in [4.78, 5) is 30.4. The molecule has 2 aliphatic rings. The van der Waals surface area contributed by atoms with Crippen LogP contribution in [0.15, 0.2) is 54.2 Å². The molecule has 2 heterocycles.